The highest BCUT2D eigenvalue weighted by atomic mass is 16.5. The van der Waals surface area contributed by atoms with Gasteiger partial charge in [0.1, 0.15) is 0 Å². The average molecular weight is 303 g/mol. The molecule has 1 aliphatic heterocycles. The molecule has 1 atom stereocenters. The van der Waals surface area contributed by atoms with Crippen molar-refractivity contribution in [1.29, 1.82) is 0 Å². The Hall–Kier alpha value is -1.84. The van der Waals surface area contributed by atoms with Crippen molar-refractivity contribution in [3.05, 3.63) is 35.4 Å². The van der Waals surface area contributed by atoms with Crippen molar-refractivity contribution in [3.8, 4) is 0 Å². The Kier molecular flexibility index (Phi) is 5.58. The first kappa shape index (κ1) is 16.5. The molecule has 4 heteroatoms. The highest BCUT2D eigenvalue weighted by Gasteiger charge is 2.28. The maximum absolute atomic E-state index is 12.5. The third-order valence-electron chi connectivity index (χ3n) is 4.13. The molecule has 1 aromatic rings. The molecule has 1 unspecified atom stereocenters. The van der Waals surface area contributed by atoms with Crippen LogP contribution in [-0.4, -0.2) is 29.4 Å². The average Bonchev–Trinajstić information content (AvgIpc) is 2.87. The van der Waals surface area contributed by atoms with Crippen LogP contribution in [0.1, 0.15) is 44.2 Å². The molecule has 1 aliphatic rings. The number of aryl methyl sites for hydroxylation is 1. The van der Waals surface area contributed by atoms with Crippen LogP contribution in [0.3, 0.4) is 0 Å². The minimum absolute atomic E-state index is 0.100. The predicted molar refractivity (Wildman–Crippen MR) is 85.2 cm³/mol. The van der Waals surface area contributed by atoms with Crippen molar-refractivity contribution in [2.75, 3.05) is 6.61 Å². The van der Waals surface area contributed by atoms with Crippen LogP contribution >= 0.6 is 0 Å². The minimum Gasteiger partial charge on any atom is -0.465 e. The highest BCUT2D eigenvalue weighted by molar-refractivity contribution is 5.78. The van der Waals surface area contributed by atoms with Gasteiger partial charge in [-0.1, -0.05) is 29.8 Å². The quantitative estimate of drug-likeness (QED) is 0.759. The lowest BCUT2D eigenvalue weighted by molar-refractivity contribution is -0.141. The summed E-state index contributed by atoms with van der Waals surface area (Å²) in [4.78, 5) is 25.9. The number of nitrogens with zero attached hydrogens (tertiary/aromatic N) is 1. The van der Waals surface area contributed by atoms with Gasteiger partial charge in [0.25, 0.3) is 0 Å². The molecule has 1 saturated heterocycles. The monoisotopic (exact) mass is 303 g/mol. The molecule has 120 valence electrons. The van der Waals surface area contributed by atoms with Crippen LogP contribution in [0.4, 0.5) is 0 Å². The topological polar surface area (TPSA) is 46.6 Å². The van der Waals surface area contributed by atoms with Gasteiger partial charge in [-0.15, -0.1) is 0 Å². The number of cyclic esters (lactones) is 1. The molecule has 0 N–H and O–H groups in total. The van der Waals surface area contributed by atoms with E-state index in [2.05, 4.69) is 19.1 Å². The SMILES string of the molecule is Cc1cccc(CN(C(=O)CCC2CCOC2=O)C(C)C)c1. The summed E-state index contributed by atoms with van der Waals surface area (Å²) in [7, 11) is 0. The van der Waals surface area contributed by atoms with E-state index in [-0.39, 0.29) is 23.8 Å². The van der Waals surface area contributed by atoms with Crippen molar-refractivity contribution in [1.82, 2.24) is 4.90 Å². The molecule has 1 amide bonds. The molecule has 2 rings (SSSR count). The Bertz CT molecular complexity index is 539. The van der Waals surface area contributed by atoms with Crippen molar-refractivity contribution >= 4 is 11.9 Å². The normalized spacial score (nSPS) is 17.6. The highest BCUT2D eigenvalue weighted by Crippen LogP contribution is 2.21. The summed E-state index contributed by atoms with van der Waals surface area (Å²) in [5, 5.41) is 0. The lowest BCUT2D eigenvalue weighted by atomic mass is 10.0. The lowest BCUT2D eigenvalue weighted by Crippen LogP contribution is -2.36. The molecule has 1 heterocycles. The first-order valence-corrected chi connectivity index (χ1v) is 7.99. The van der Waals surface area contributed by atoms with Crippen LogP contribution in [0.25, 0.3) is 0 Å². The summed E-state index contributed by atoms with van der Waals surface area (Å²) in [6, 6.07) is 8.36. The van der Waals surface area contributed by atoms with Crippen molar-refractivity contribution < 1.29 is 14.3 Å². The molecule has 22 heavy (non-hydrogen) atoms. The van der Waals surface area contributed by atoms with E-state index in [0.717, 1.165) is 12.0 Å². The molecule has 0 aliphatic carbocycles. The first-order chi connectivity index (χ1) is 10.5. The van der Waals surface area contributed by atoms with Gasteiger partial charge in [-0.25, -0.2) is 0 Å². The number of hydrogen-bond acceptors (Lipinski definition) is 3. The number of carbonyl (C=O) groups excluding carboxylic acids is 2. The molecule has 4 nitrogen and oxygen atoms in total. The minimum atomic E-state index is -0.150. The van der Waals surface area contributed by atoms with Gasteiger partial charge in [-0.3, -0.25) is 9.59 Å². The van der Waals surface area contributed by atoms with Crippen LogP contribution in [0.5, 0.6) is 0 Å². The molecule has 1 aromatic carbocycles. The summed E-state index contributed by atoms with van der Waals surface area (Å²) in [5.74, 6) is -0.143. The number of esters is 1. The van der Waals surface area contributed by atoms with E-state index in [1.165, 1.54) is 5.56 Å². The predicted octanol–water partition coefficient (Wildman–Crippen LogP) is 3.08. The zero-order valence-electron chi connectivity index (χ0n) is 13.7. The number of rotatable bonds is 6. The van der Waals surface area contributed by atoms with Gasteiger partial charge in [0.05, 0.1) is 12.5 Å². The van der Waals surface area contributed by atoms with Gasteiger partial charge in [-0.2, -0.15) is 0 Å². The Morgan fingerprint density at radius 3 is 2.77 bits per heavy atom. The van der Waals surface area contributed by atoms with Crippen LogP contribution in [0.15, 0.2) is 24.3 Å². The third-order valence-corrected chi connectivity index (χ3v) is 4.13. The number of benzene rings is 1. The van der Waals surface area contributed by atoms with E-state index in [1.54, 1.807) is 0 Å². The molecule has 0 radical (unpaired) electrons. The Morgan fingerprint density at radius 1 is 1.41 bits per heavy atom. The number of hydrogen-bond donors (Lipinski definition) is 0. The Morgan fingerprint density at radius 2 is 2.18 bits per heavy atom. The van der Waals surface area contributed by atoms with Gasteiger partial charge in [0.2, 0.25) is 5.91 Å². The van der Waals surface area contributed by atoms with Gasteiger partial charge < -0.3 is 9.64 Å². The number of ether oxygens (including phenoxy) is 1. The summed E-state index contributed by atoms with van der Waals surface area (Å²) >= 11 is 0. The second-order valence-corrected chi connectivity index (χ2v) is 6.30. The van der Waals surface area contributed by atoms with Crippen molar-refractivity contribution in [2.24, 2.45) is 5.92 Å². The maximum atomic E-state index is 12.5. The maximum Gasteiger partial charge on any atom is 0.309 e. The van der Waals surface area contributed by atoms with Crippen LogP contribution in [-0.2, 0) is 20.9 Å². The van der Waals surface area contributed by atoms with Gasteiger partial charge >= 0.3 is 5.97 Å². The number of amides is 1. The van der Waals surface area contributed by atoms with E-state index < -0.39 is 0 Å². The fourth-order valence-corrected chi connectivity index (χ4v) is 2.81. The Balaban J connectivity index is 1.95. The van der Waals surface area contributed by atoms with E-state index in [9.17, 15) is 9.59 Å². The first-order valence-electron chi connectivity index (χ1n) is 7.99. The van der Waals surface area contributed by atoms with E-state index in [4.69, 9.17) is 4.74 Å². The van der Waals surface area contributed by atoms with Gasteiger partial charge in [-0.05, 0) is 39.2 Å². The summed E-state index contributed by atoms with van der Waals surface area (Å²) < 4.78 is 4.95. The smallest absolute Gasteiger partial charge is 0.309 e. The summed E-state index contributed by atoms with van der Waals surface area (Å²) in [6.07, 6.45) is 1.74. The van der Waals surface area contributed by atoms with Gasteiger partial charge in [0.15, 0.2) is 0 Å². The van der Waals surface area contributed by atoms with Crippen molar-refractivity contribution in [2.45, 2.75) is 52.6 Å². The van der Waals surface area contributed by atoms with Crippen molar-refractivity contribution in [3.63, 3.8) is 0 Å². The molecule has 0 aromatic heterocycles. The van der Waals surface area contributed by atoms with Crippen LogP contribution < -0.4 is 0 Å². The van der Waals surface area contributed by atoms with Gasteiger partial charge in [0, 0.05) is 19.0 Å². The molecule has 0 bridgehead atoms. The molecular weight excluding hydrogens is 278 g/mol. The van der Waals surface area contributed by atoms with E-state index in [0.29, 0.717) is 26.0 Å². The summed E-state index contributed by atoms with van der Waals surface area (Å²) in [5.41, 5.74) is 2.34. The molecular formula is C18H25NO3. The fourth-order valence-electron chi connectivity index (χ4n) is 2.81. The lowest BCUT2D eigenvalue weighted by Gasteiger charge is -2.27. The fraction of sp³-hybridized carbons (Fsp3) is 0.556. The Labute approximate surface area is 132 Å². The van der Waals surface area contributed by atoms with Crippen LogP contribution in [0, 0.1) is 12.8 Å². The standard InChI is InChI=1S/C18H25NO3/c1-13(2)19(12-15-6-4-5-14(3)11-15)17(20)8-7-16-9-10-22-18(16)21/h4-6,11,13,16H,7-10,12H2,1-3H3. The zero-order chi connectivity index (χ0) is 16.1. The molecule has 1 fully saturated rings. The second-order valence-electron chi connectivity index (χ2n) is 6.30. The van der Waals surface area contributed by atoms with E-state index >= 15 is 0 Å². The molecule has 0 spiro atoms. The zero-order valence-corrected chi connectivity index (χ0v) is 13.7. The third kappa shape index (κ3) is 4.33. The largest absolute Gasteiger partial charge is 0.465 e. The molecule has 0 saturated carbocycles. The summed E-state index contributed by atoms with van der Waals surface area (Å²) in [6.45, 7) is 7.22. The van der Waals surface area contributed by atoms with E-state index in [1.807, 2.05) is 30.9 Å². The van der Waals surface area contributed by atoms with Crippen LogP contribution in [0.2, 0.25) is 0 Å². The number of carbonyl (C=O) groups is 2. The second kappa shape index (κ2) is 7.43.